The van der Waals surface area contributed by atoms with Crippen LogP contribution < -0.4 is 5.73 Å². The average molecular weight is 236 g/mol. The van der Waals surface area contributed by atoms with Gasteiger partial charge in [0, 0.05) is 13.1 Å². The van der Waals surface area contributed by atoms with Crippen molar-refractivity contribution in [3.8, 4) is 0 Å². The van der Waals surface area contributed by atoms with Crippen LogP contribution in [0.15, 0.2) is 0 Å². The smallest absolute Gasteiger partial charge is 0.404 e. The molecule has 15 heavy (non-hydrogen) atoms. The fourth-order valence-electron chi connectivity index (χ4n) is 0.793. The summed E-state index contributed by atoms with van der Waals surface area (Å²) >= 11 is 4.33. The van der Waals surface area contributed by atoms with Gasteiger partial charge in [-0.1, -0.05) is 39.5 Å². The summed E-state index contributed by atoms with van der Waals surface area (Å²) in [6.45, 7) is 6.70. The molecule has 0 aromatic heterocycles. The first-order chi connectivity index (χ1) is 7.08. The number of nitrogens with zero attached hydrogens (tertiary/aromatic N) is 1. The van der Waals surface area contributed by atoms with Crippen LogP contribution in [0.4, 0.5) is 4.79 Å². The lowest BCUT2D eigenvalue weighted by Gasteiger charge is -2.13. The van der Waals surface area contributed by atoms with Crippen LogP contribution in [0.5, 0.6) is 0 Å². The van der Waals surface area contributed by atoms with Gasteiger partial charge in [0.05, 0.1) is 7.11 Å². The van der Waals surface area contributed by atoms with Crippen LogP contribution in [0.1, 0.15) is 39.5 Å². The summed E-state index contributed by atoms with van der Waals surface area (Å²) in [4.78, 5) is 9.37. The lowest BCUT2D eigenvalue weighted by molar-refractivity contribution is 0.182. The van der Waals surface area contributed by atoms with E-state index in [-0.39, 0.29) is 0 Å². The van der Waals surface area contributed by atoms with Gasteiger partial charge in [0.25, 0.3) is 0 Å². The van der Waals surface area contributed by atoms with Crippen molar-refractivity contribution in [2.75, 3.05) is 20.2 Å². The van der Waals surface area contributed by atoms with Crippen LogP contribution in [0.25, 0.3) is 0 Å². The van der Waals surface area contributed by atoms with Gasteiger partial charge in [-0.3, -0.25) is 4.31 Å². The highest BCUT2D eigenvalue weighted by Gasteiger charge is 1.95. The largest absolute Gasteiger partial charge is 0.453 e. The molecule has 0 spiro atoms. The van der Waals surface area contributed by atoms with Crippen molar-refractivity contribution in [3.05, 3.63) is 0 Å². The number of ether oxygens (including phenoxy) is 1. The number of primary amides is 1. The predicted molar refractivity (Wildman–Crippen MR) is 67.0 cm³/mol. The van der Waals surface area contributed by atoms with Gasteiger partial charge in [-0.25, -0.2) is 4.79 Å². The SMILES string of the molecule is CCCCN(S)CCCC.COC(N)=O. The zero-order valence-electron chi connectivity index (χ0n) is 10.0. The van der Waals surface area contributed by atoms with Gasteiger partial charge in [-0.2, -0.15) is 0 Å². The summed E-state index contributed by atoms with van der Waals surface area (Å²) in [5.41, 5.74) is 4.43. The molecule has 0 radical (unpaired) electrons. The van der Waals surface area contributed by atoms with E-state index in [0.29, 0.717) is 0 Å². The third-order valence-corrected chi connectivity index (χ3v) is 2.14. The molecule has 0 atom stereocenters. The van der Waals surface area contributed by atoms with Crippen LogP contribution in [0, 0.1) is 0 Å². The molecule has 0 aromatic rings. The second-order valence-electron chi connectivity index (χ2n) is 3.18. The van der Waals surface area contributed by atoms with Crippen molar-refractivity contribution in [2.45, 2.75) is 39.5 Å². The number of carbonyl (C=O) groups excluding carboxylic acids is 1. The van der Waals surface area contributed by atoms with Crippen molar-refractivity contribution in [1.82, 2.24) is 4.31 Å². The fraction of sp³-hybridized carbons (Fsp3) is 0.900. The molecule has 0 saturated heterocycles. The predicted octanol–water partition coefficient (Wildman–Crippen LogP) is 2.44. The lowest BCUT2D eigenvalue weighted by Crippen LogP contribution is -2.14. The number of amides is 1. The number of rotatable bonds is 6. The monoisotopic (exact) mass is 236 g/mol. The van der Waals surface area contributed by atoms with E-state index in [0.717, 1.165) is 13.1 Å². The number of unbranched alkanes of at least 4 members (excludes halogenated alkanes) is 2. The maximum atomic E-state index is 9.37. The first kappa shape index (κ1) is 17.0. The number of hydrogen-bond donors (Lipinski definition) is 2. The molecule has 0 unspecified atom stereocenters. The van der Waals surface area contributed by atoms with Gasteiger partial charge >= 0.3 is 6.09 Å². The minimum Gasteiger partial charge on any atom is -0.453 e. The van der Waals surface area contributed by atoms with Gasteiger partial charge in [-0.05, 0) is 12.8 Å². The molecule has 0 aliphatic heterocycles. The van der Waals surface area contributed by atoms with E-state index in [9.17, 15) is 4.79 Å². The molecule has 0 saturated carbocycles. The molecule has 0 aliphatic rings. The first-order valence-electron chi connectivity index (χ1n) is 5.35. The van der Waals surface area contributed by atoms with Crippen LogP contribution in [0.2, 0.25) is 0 Å². The molecule has 0 aromatic carbocycles. The first-order valence-corrected chi connectivity index (χ1v) is 5.75. The summed E-state index contributed by atoms with van der Waals surface area (Å²) in [7, 11) is 1.22. The summed E-state index contributed by atoms with van der Waals surface area (Å²) in [5.74, 6) is 0. The van der Waals surface area contributed by atoms with Crippen molar-refractivity contribution in [1.29, 1.82) is 0 Å². The second kappa shape index (κ2) is 13.6. The molecular formula is C10H24N2O2S. The maximum Gasteiger partial charge on any atom is 0.404 e. The second-order valence-corrected chi connectivity index (χ2v) is 3.75. The molecule has 0 rings (SSSR count). The third-order valence-electron chi connectivity index (χ3n) is 1.74. The van der Waals surface area contributed by atoms with E-state index in [1.807, 2.05) is 0 Å². The Kier molecular flexibility index (Phi) is 15.4. The van der Waals surface area contributed by atoms with E-state index < -0.39 is 6.09 Å². The number of carbonyl (C=O) groups is 1. The van der Waals surface area contributed by atoms with Crippen molar-refractivity contribution in [3.63, 3.8) is 0 Å². The Morgan fingerprint density at radius 3 is 1.80 bits per heavy atom. The summed E-state index contributed by atoms with van der Waals surface area (Å²) < 4.78 is 6.01. The Morgan fingerprint density at radius 1 is 1.27 bits per heavy atom. The standard InChI is InChI=1S/C8H19NS.C2H5NO2/c1-3-5-7-9(10)8-6-4-2;1-5-2(3)4/h10H,3-8H2,1-2H3;1H3,(H2,3,4). The number of thiol groups is 1. The van der Waals surface area contributed by atoms with E-state index in [1.165, 1.54) is 32.8 Å². The topological polar surface area (TPSA) is 55.6 Å². The summed E-state index contributed by atoms with van der Waals surface area (Å²) in [6, 6.07) is 0. The van der Waals surface area contributed by atoms with Crippen LogP contribution in [-0.2, 0) is 4.74 Å². The summed E-state index contributed by atoms with van der Waals surface area (Å²) in [5, 5.41) is 0. The van der Waals surface area contributed by atoms with Gasteiger partial charge < -0.3 is 10.5 Å². The van der Waals surface area contributed by atoms with Gasteiger partial charge in [0.15, 0.2) is 0 Å². The third kappa shape index (κ3) is 19.8. The molecule has 0 heterocycles. The molecule has 0 aliphatic carbocycles. The van der Waals surface area contributed by atoms with E-state index >= 15 is 0 Å². The molecule has 0 bridgehead atoms. The highest BCUT2D eigenvalue weighted by molar-refractivity contribution is 7.77. The van der Waals surface area contributed by atoms with Gasteiger partial charge in [0.1, 0.15) is 0 Å². The Hall–Kier alpha value is -0.420. The summed E-state index contributed by atoms with van der Waals surface area (Å²) in [6.07, 6.45) is 4.33. The van der Waals surface area contributed by atoms with Crippen LogP contribution in [-0.4, -0.2) is 30.6 Å². The van der Waals surface area contributed by atoms with Gasteiger partial charge in [-0.15, -0.1) is 0 Å². The zero-order chi connectivity index (χ0) is 12.1. The van der Waals surface area contributed by atoms with Crippen LogP contribution in [0.3, 0.4) is 0 Å². The minimum atomic E-state index is -0.745. The van der Waals surface area contributed by atoms with Crippen molar-refractivity contribution in [2.24, 2.45) is 5.73 Å². The Balaban J connectivity index is 0. The van der Waals surface area contributed by atoms with E-state index in [4.69, 9.17) is 0 Å². The molecule has 2 N–H and O–H groups in total. The quantitative estimate of drug-likeness (QED) is 0.696. The fourth-order valence-corrected chi connectivity index (χ4v) is 1.08. The number of hydrogen-bond acceptors (Lipinski definition) is 4. The zero-order valence-corrected chi connectivity index (χ0v) is 10.9. The average Bonchev–Trinajstić information content (AvgIpc) is 2.24. The molecular weight excluding hydrogens is 212 g/mol. The molecule has 4 nitrogen and oxygen atoms in total. The molecule has 0 fully saturated rings. The van der Waals surface area contributed by atoms with Crippen molar-refractivity contribution >= 4 is 18.9 Å². The number of nitrogens with two attached hydrogens (primary N) is 1. The van der Waals surface area contributed by atoms with Gasteiger partial charge in [0.2, 0.25) is 0 Å². The molecule has 92 valence electrons. The van der Waals surface area contributed by atoms with E-state index in [2.05, 4.69) is 41.4 Å². The number of methoxy groups -OCH3 is 1. The maximum absolute atomic E-state index is 9.37. The normalized spacial score (nSPS) is 9.40. The molecule has 1 amide bonds. The highest BCUT2D eigenvalue weighted by Crippen LogP contribution is 2.00. The minimum absolute atomic E-state index is 0.745. The lowest BCUT2D eigenvalue weighted by atomic mass is 10.3. The van der Waals surface area contributed by atoms with Crippen LogP contribution >= 0.6 is 12.8 Å². The van der Waals surface area contributed by atoms with Crippen molar-refractivity contribution < 1.29 is 9.53 Å². The Bertz CT molecular complexity index is 137. The Labute approximate surface area is 98.7 Å². The highest BCUT2D eigenvalue weighted by atomic mass is 32.1. The Morgan fingerprint density at radius 2 is 1.60 bits per heavy atom. The molecule has 5 heteroatoms. The van der Waals surface area contributed by atoms with E-state index in [1.54, 1.807) is 0 Å².